The van der Waals surface area contributed by atoms with Crippen LogP contribution in [0.2, 0.25) is 0 Å². The maximum atomic E-state index is 9.30. The highest BCUT2D eigenvalue weighted by atomic mass is 32.1. The summed E-state index contributed by atoms with van der Waals surface area (Å²) < 4.78 is 6.16. The van der Waals surface area contributed by atoms with Gasteiger partial charge in [0.2, 0.25) is 0 Å². The van der Waals surface area contributed by atoms with Crippen LogP contribution in [0.15, 0.2) is 0 Å². The zero-order valence-electron chi connectivity index (χ0n) is 13.2. The second-order valence-corrected chi connectivity index (χ2v) is 8.43. The normalized spacial score (nSPS) is 23.9. The molecule has 114 valence electrons. The number of nitrogens with zero attached hydrogens (tertiary/aromatic N) is 2. The van der Waals surface area contributed by atoms with Gasteiger partial charge in [0, 0.05) is 18.7 Å². The van der Waals surface area contributed by atoms with Gasteiger partial charge >= 0.3 is 0 Å². The zero-order valence-corrected chi connectivity index (χ0v) is 14.0. The first-order valence-corrected chi connectivity index (χ1v) is 8.31. The third-order valence-electron chi connectivity index (χ3n) is 4.03. The lowest BCUT2D eigenvalue weighted by atomic mass is 9.98. The van der Waals surface area contributed by atoms with E-state index in [4.69, 9.17) is 10.5 Å². The van der Waals surface area contributed by atoms with Gasteiger partial charge in [-0.1, -0.05) is 0 Å². The van der Waals surface area contributed by atoms with Gasteiger partial charge in [-0.3, -0.25) is 0 Å². The summed E-state index contributed by atoms with van der Waals surface area (Å²) in [6.07, 6.45) is 2.38. The predicted molar refractivity (Wildman–Crippen MR) is 86.9 cm³/mol. The van der Waals surface area contributed by atoms with Crippen molar-refractivity contribution in [2.75, 3.05) is 23.7 Å². The standard InChI is InChI=1S/C16H23N3OS/c1-15(2)8-19(9-16(3,4)20-15)14-12(10-5-6-10)13(18)11(7-17)21-14/h10H,5-6,8-9,18H2,1-4H3. The van der Waals surface area contributed by atoms with Crippen LogP contribution in [0.5, 0.6) is 0 Å². The van der Waals surface area contributed by atoms with E-state index >= 15 is 0 Å². The summed E-state index contributed by atoms with van der Waals surface area (Å²) in [5.74, 6) is 0.549. The average Bonchev–Trinajstić information content (AvgIpc) is 3.09. The molecule has 1 aliphatic heterocycles. The van der Waals surface area contributed by atoms with E-state index in [-0.39, 0.29) is 11.2 Å². The van der Waals surface area contributed by atoms with Crippen LogP contribution in [0.25, 0.3) is 0 Å². The molecular weight excluding hydrogens is 282 g/mol. The Labute approximate surface area is 130 Å². The number of hydrogen-bond donors (Lipinski definition) is 1. The first-order chi connectivity index (χ1) is 9.72. The van der Waals surface area contributed by atoms with Gasteiger partial charge in [-0.25, -0.2) is 0 Å². The Hall–Kier alpha value is -1.25. The molecular formula is C16H23N3OS. The van der Waals surface area contributed by atoms with E-state index < -0.39 is 0 Å². The van der Waals surface area contributed by atoms with Crippen molar-refractivity contribution in [2.24, 2.45) is 0 Å². The van der Waals surface area contributed by atoms with E-state index in [1.807, 2.05) is 0 Å². The van der Waals surface area contributed by atoms with Crippen LogP contribution in [0.1, 0.15) is 56.9 Å². The van der Waals surface area contributed by atoms with Crippen molar-refractivity contribution in [3.63, 3.8) is 0 Å². The molecule has 0 spiro atoms. The largest absolute Gasteiger partial charge is 0.397 e. The SMILES string of the molecule is CC1(C)CN(c2sc(C#N)c(N)c2C2CC2)CC(C)(C)O1. The lowest BCUT2D eigenvalue weighted by Crippen LogP contribution is -2.57. The molecule has 1 saturated carbocycles. The first kappa shape index (κ1) is 14.7. The third-order valence-corrected chi connectivity index (χ3v) is 5.22. The molecule has 0 unspecified atom stereocenters. The molecule has 1 aromatic rings. The van der Waals surface area contributed by atoms with Gasteiger partial charge in [-0.2, -0.15) is 5.26 Å². The minimum Gasteiger partial charge on any atom is -0.397 e. The Balaban J connectivity index is 2.02. The second kappa shape index (κ2) is 4.62. The maximum Gasteiger partial charge on any atom is 0.130 e. The number of ether oxygens (including phenoxy) is 1. The number of morpholine rings is 1. The van der Waals surface area contributed by atoms with Crippen LogP contribution < -0.4 is 10.6 Å². The van der Waals surface area contributed by atoms with Crippen LogP contribution in [-0.2, 0) is 4.74 Å². The molecule has 1 aliphatic carbocycles. The maximum absolute atomic E-state index is 9.30. The Morgan fingerprint density at radius 1 is 1.24 bits per heavy atom. The van der Waals surface area contributed by atoms with Crippen molar-refractivity contribution in [3.05, 3.63) is 10.4 Å². The molecule has 4 nitrogen and oxygen atoms in total. The third kappa shape index (κ3) is 2.75. The van der Waals surface area contributed by atoms with Crippen molar-refractivity contribution in [1.82, 2.24) is 0 Å². The molecule has 0 amide bonds. The van der Waals surface area contributed by atoms with Gasteiger partial charge in [0.15, 0.2) is 0 Å². The highest BCUT2D eigenvalue weighted by Gasteiger charge is 2.41. The van der Waals surface area contributed by atoms with Gasteiger partial charge in [0.1, 0.15) is 10.9 Å². The van der Waals surface area contributed by atoms with Crippen molar-refractivity contribution >= 4 is 22.0 Å². The lowest BCUT2D eigenvalue weighted by molar-refractivity contribution is -0.132. The summed E-state index contributed by atoms with van der Waals surface area (Å²) in [4.78, 5) is 3.04. The highest BCUT2D eigenvalue weighted by molar-refractivity contribution is 7.17. The van der Waals surface area contributed by atoms with Gasteiger partial charge < -0.3 is 15.4 Å². The smallest absolute Gasteiger partial charge is 0.130 e. The zero-order chi connectivity index (χ0) is 15.4. The molecule has 1 aromatic heterocycles. The number of hydrogen-bond acceptors (Lipinski definition) is 5. The molecule has 0 bridgehead atoms. The fourth-order valence-electron chi connectivity index (χ4n) is 3.46. The summed E-state index contributed by atoms with van der Waals surface area (Å²) in [5.41, 5.74) is 7.75. The van der Waals surface area contributed by atoms with Crippen molar-refractivity contribution in [2.45, 2.75) is 57.7 Å². The molecule has 2 N–H and O–H groups in total. The molecule has 2 heterocycles. The second-order valence-electron chi connectivity index (χ2n) is 7.43. The van der Waals surface area contributed by atoms with Crippen LogP contribution in [0.4, 0.5) is 10.7 Å². The molecule has 2 aliphatic rings. The predicted octanol–water partition coefficient (Wildman–Crippen LogP) is 3.47. The quantitative estimate of drug-likeness (QED) is 0.908. The Kier molecular flexibility index (Phi) is 3.23. The average molecular weight is 305 g/mol. The number of rotatable bonds is 2. The molecule has 3 rings (SSSR count). The van der Waals surface area contributed by atoms with Crippen molar-refractivity contribution < 1.29 is 4.74 Å². The monoisotopic (exact) mass is 305 g/mol. The van der Waals surface area contributed by atoms with E-state index in [0.29, 0.717) is 16.5 Å². The van der Waals surface area contributed by atoms with E-state index in [0.717, 1.165) is 13.1 Å². The number of nitriles is 1. The summed E-state index contributed by atoms with van der Waals surface area (Å²) in [5, 5.41) is 10.5. The van der Waals surface area contributed by atoms with Gasteiger partial charge in [-0.05, 0) is 46.5 Å². The number of thiophene rings is 1. The van der Waals surface area contributed by atoms with Gasteiger partial charge in [0.25, 0.3) is 0 Å². The first-order valence-electron chi connectivity index (χ1n) is 7.50. The lowest BCUT2D eigenvalue weighted by Gasteiger charge is -2.48. The molecule has 1 saturated heterocycles. The fraction of sp³-hybridized carbons (Fsp3) is 0.688. The Bertz CT molecular complexity index is 592. The Morgan fingerprint density at radius 2 is 1.81 bits per heavy atom. The molecule has 0 radical (unpaired) electrons. The molecule has 0 aromatic carbocycles. The number of nitrogen functional groups attached to an aromatic ring is 1. The van der Waals surface area contributed by atoms with E-state index in [1.54, 1.807) is 11.3 Å². The summed E-state index contributed by atoms with van der Waals surface area (Å²) in [6.45, 7) is 10.2. The van der Waals surface area contributed by atoms with Crippen molar-refractivity contribution in [1.29, 1.82) is 5.26 Å². The fourth-order valence-corrected chi connectivity index (χ4v) is 4.56. The van der Waals surface area contributed by atoms with E-state index in [9.17, 15) is 5.26 Å². The minimum absolute atomic E-state index is 0.200. The number of nitrogens with two attached hydrogens (primary N) is 1. The highest BCUT2D eigenvalue weighted by Crippen LogP contribution is 2.52. The van der Waals surface area contributed by atoms with Crippen LogP contribution in [0.3, 0.4) is 0 Å². The minimum atomic E-state index is -0.200. The molecule has 21 heavy (non-hydrogen) atoms. The molecule has 5 heteroatoms. The molecule has 0 atom stereocenters. The molecule has 2 fully saturated rings. The van der Waals surface area contributed by atoms with Gasteiger partial charge in [0.05, 0.1) is 21.9 Å². The van der Waals surface area contributed by atoms with E-state index in [2.05, 4.69) is 38.7 Å². The van der Waals surface area contributed by atoms with Crippen LogP contribution in [0, 0.1) is 11.3 Å². The summed E-state index contributed by atoms with van der Waals surface area (Å²) >= 11 is 1.55. The summed E-state index contributed by atoms with van der Waals surface area (Å²) in [6, 6.07) is 2.25. The summed E-state index contributed by atoms with van der Waals surface area (Å²) in [7, 11) is 0. The number of anilines is 2. The topological polar surface area (TPSA) is 62.3 Å². The van der Waals surface area contributed by atoms with Crippen molar-refractivity contribution in [3.8, 4) is 6.07 Å². The van der Waals surface area contributed by atoms with Crippen LogP contribution in [-0.4, -0.2) is 24.3 Å². The van der Waals surface area contributed by atoms with Crippen LogP contribution >= 0.6 is 11.3 Å². The van der Waals surface area contributed by atoms with E-state index in [1.165, 1.54) is 23.4 Å². The Morgan fingerprint density at radius 3 is 2.29 bits per heavy atom. The van der Waals surface area contributed by atoms with Gasteiger partial charge in [-0.15, -0.1) is 11.3 Å².